The molecular weight excluding hydrogens is 466 g/mol. The molecule has 1 atom stereocenters. The van der Waals surface area contributed by atoms with Gasteiger partial charge in [-0.05, 0) is 62.1 Å². The summed E-state index contributed by atoms with van der Waals surface area (Å²) < 4.78 is 18.1. The van der Waals surface area contributed by atoms with Crippen LogP contribution in [0.4, 0.5) is 0 Å². The average molecular weight is 498 g/mol. The van der Waals surface area contributed by atoms with E-state index in [-0.39, 0.29) is 23.7 Å². The maximum Gasteiger partial charge on any atom is 0.338 e. The van der Waals surface area contributed by atoms with Crippen molar-refractivity contribution in [3.63, 3.8) is 0 Å². The predicted molar refractivity (Wildman–Crippen MR) is 135 cm³/mol. The van der Waals surface area contributed by atoms with Crippen LogP contribution in [-0.2, 0) is 27.2 Å². The summed E-state index contributed by atoms with van der Waals surface area (Å²) in [6.45, 7) is 4.08. The number of hydrogen-bond acceptors (Lipinski definition) is 7. The number of carbonyl (C=O) groups excluding carboxylic acids is 2. The van der Waals surface area contributed by atoms with E-state index in [0.717, 1.165) is 42.3 Å². The minimum absolute atomic E-state index is 0.0496. The number of amides is 1. The molecule has 1 aliphatic heterocycles. The number of imidazole rings is 1. The van der Waals surface area contributed by atoms with Crippen molar-refractivity contribution in [3.05, 3.63) is 53.6 Å². The normalized spacial score (nSPS) is 15.3. The van der Waals surface area contributed by atoms with Gasteiger partial charge in [0, 0.05) is 19.7 Å². The molecule has 4 rings (SSSR count). The molecule has 1 fully saturated rings. The molecule has 0 saturated carbocycles. The highest BCUT2D eigenvalue weighted by Crippen LogP contribution is 2.26. The monoisotopic (exact) mass is 497 g/mol. The van der Waals surface area contributed by atoms with E-state index in [9.17, 15) is 9.59 Å². The lowest BCUT2D eigenvalue weighted by Gasteiger charge is -2.12. The highest BCUT2D eigenvalue weighted by molar-refractivity contribution is 7.99. The van der Waals surface area contributed by atoms with E-state index in [2.05, 4.69) is 9.88 Å². The molecule has 8 nitrogen and oxygen atoms in total. The lowest BCUT2D eigenvalue weighted by atomic mass is 10.1. The van der Waals surface area contributed by atoms with E-state index in [1.54, 1.807) is 26.2 Å². The number of esters is 1. The van der Waals surface area contributed by atoms with Gasteiger partial charge in [-0.15, -0.1) is 0 Å². The summed E-state index contributed by atoms with van der Waals surface area (Å²) >= 11 is 1.39. The number of benzene rings is 2. The van der Waals surface area contributed by atoms with Crippen LogP contribution in [0.1, 0.15) is 35.7 Å². The number of carbonyl (C=O) groups is 2. The van der Waals surface area contributed by atoms with Crippen LogP contribution >= 0.6 is 11.8 Å². The van der Waals surface area contributed by atoms with Crippen LogP contribution < -0.4 is 10.1 Å². The Bertz CT molecular complexity index is 1160. The number of aromatic nitrogens is 2. The zero-order chi connectivity index (χ0) is 24.6. The van der Waals surface area contributed by atoms with Crippen molar-refractivity contribution in [2.45, 2.75) is 44.0 Å². The summed E-state index contributed by atoms with van der Waals surface area (Å²) in [5.41, 5.74) is 3.24. The van der Waals surface area contributed by atoms with E-state index < -0.39 is 0 Å². The van der Waals surface area contributed by atoms with Gasteiger partial charge < -0.3 is 24.1 Å². The lowest BCUT2D eigenvalue weighted by Crippen LogP contribution is -2.32. The van der Waals surface area contributed by atoms with Crippen molar-refractivity contribution in [2.75, 3.05) is 32.6 Å². The fourth-order valence-corrected chi connectivity index (χ4v) is 4.89. The predicted octanol–water partition coefficient (Wildman–Crippen LogP) is 3.85. The second kappa shape index (κ2) is 12.1. The number of nitrogens with zero attached hydrogens (tertiary/aromatic N) is 2. The number of methoxy groups -OCH3 is 1. The van der Waals surface area contributed by atoms with Gasteiger partial charge in [-0.2, -0.15) is 0 Å². The van der Waals surface area contributed by atoms with Crippen LogP contribution in [0.25, 0.3) is 11.0 Å². The molecule has 0 spiro atoms. The van der Waals surface area contributed by atoms with E-state index in [0.29, 0.717) is 30.8 Å². The molecule has 0 aliphatic carbocycles. The second-order valence-corrected chi connectivity index (χ2v) is 9.24. The first-order chi connectivity index (χ1) is 17.1. The first kappa shape index (κ1) is 25.1. The first-order valence-electron chi connectivity index (χ1n) is 11.9. The number of fused-ring (bicyclic) bond motifs is 1. The quantitative estimate of drug-likeness (QED) is 0.318. The van der Waals surface area contributed by atoms with Gasteiger partial charge >= 0.3 is 5.97 Å². The molecule has 2 aromatic carbocycles. The Balaban J connectivity index is 1.50. The zero-order valence-electron chi connectivity index (χ0n) is 20.1. The largest absolute Gasteiger partial charge is 0.497 e. The summed E-state index contributed by atoms with van der Waals surface area (Å²) in [7, 11) is 1.65. The molecule has 3 aromatic rings. The minimum Gasteiger partial charge on any atom is -0.497 e. The Hall–Kier alpha value is -3.04. The van der Waals surface area contributed by atoms with Crippen LogP contribution in [0, 0.1) is 0 Å². The molecule has 1 N–H and O–H groups in total. The molecule has 1 unspecified atom stereocenters. The molecule has 1 saturated heterocycles. The van der Waals surface area contributed by atoms with E-state index in [1.165, 1.54) is 17.3 Å². The maximum atomic E-state index is 12.5. The molecule has 1 aromatic heterocycles. The summed E-state index contributed by atoms with van der Waals surface area (Å²) in [6.07, 6.45) is 2.92. The molecular formula is C26H31N3O5S. The van der Waals surface area contributed by atoms with Crippen LogP contribution in [0.3, 0.4) is 0 Å². The molecule has 35 heavy (non-hydrogen) atoms. The van der Waals surface area contributed by atoms with Crippen LogP contribution in [0.5, 0.6) is 5.75 Å². The van der Waals surface area contributed by atoms with E-state index in [1.807, 2.05) is 30.3 Å². The summed E-state index contributed by atoms with van der Waals surface area (Å²) in [4.78, 5) is 29.4. The fraction of sp³-hybridized carbons (Fsp3) is 0.423. The third-order valence-electron chi connectivity index (χ3n) is 5.89. The Morgan fingerprint density at radius 1 is 1.23 bits per heavy atom. The summed E-state index contributed by atoms with van der Waals surface area (Å²) in [5, 5.41) is 3.70. The smallest absolute Gasteiger partial charge is 0.338 e. The number of rotatable bonds is 11. The van der Waals surface area contributed by atoms with E-state index in [4.69, 9.17) is 19.2 Å². The van der Waals surface area contributed by atoms with Crippen molar-refractivity contribution in [1.82, 2.24) is 14.9 Å². The molecule has 9 heteroatoms. The van der Waals surface area contributed by atoms with Gasteiger partial charge in [-0.1, -0.05) is 23.9 Å². The Labute approximate surface area is 209 Å². The van der Waals surface area contributed by atoms with Crippen molar-refractivity contribution in [2.24, 2.45) is 0 Å². The van der Waals surface area contributed by atoms with Crippen LogP contribution in [-0.4, -0.2) is 60.2 Å². The Morgan fingerprint density at radius 3 is 2.77 bits per heavy atom. The number of thioether (sulfide) groups is 1. The summed E-state index contributed by atoms with van der Waals surface area (Å²) in [6, 6.07) is 13.4. The maximum absolute atomic E-state index is 12.5. The third kappa shape index (κ3) is 6.55. The van der Waals surface area contributed by atoms with Crippen LogP contribution in [0.15, 0.2) is 47.6 Å². The van der Waals surface area contributed by atoms with Crippen molar-refractivity contribution >= 4 is 34.7 Å². The fourth-order valence-electron chi connectivity index (χ4n) is 4.02. The molecule has 2 heterocycles. The third-order valence-corrected chi connectivity index (χ3v) is 6.87. The van der Waals surface area contributed by atoms with Gasteiger partial charge in [0.15, 0.2) is 5.16 Å². The van der Waals surface area contributed by atoms with E-state index >= 15 is 0 Å². The van der Waals surface area contributed by atoms with Gasteiger partial charge in [-0.25, -0.2) is 9.78 Å². The van der Waals surface area contributed by atoms with Gasteiger partial charge in [0.05, 0.1) is 42.2 Å². The number of nitrogens with one attached hydrogen (secondary N) is 1. The molecule has 1 aliphatic rings. The Kier molecular flexibility index (Phi) is 8.65. The minimum atomic E-state index is -0.370. The Morgan fingerprint density at radius 2 is 2.06 bits per heavy atom. The topological polar surface area (TPSA) is 91.7 Å². The van der Waals surface area contributed by atoms with Gasteiger partial charge in [-0.3, -0.25) is 4.79 Å². The number of ether oxygens (including phenoxy) is 3. The highest BCUT2D eigenvalue weighted by atomic mass is 32.2. The standard InChI is InChI=1S/C26H31N3O5S/c1-3-33-25(31)19-8-11-23-22(15-19)28-26(35-17-24(30)27-16-21-5-4-14-34-21)29(23)13-12-18-6-9-20(32-2)10-7-18/h6-11,15,21H,3-5,12-14,16-17H2,1-2H3,(H,27,30). The zero-order valence-corrected chi connectivity index (χ0v) is 20.9. The van der Waals surface area contributed by atoms with Crippen molar-refractivity contribution in [1.29, 1.82) is 0 Å². The second-order valence-electron chi connectivity index (χ2n) is 8.30. The van der Waals surface area contributed by atoms with Gasteiger partial charge in [0.1, 0.15) is 5.75 Å². The summed E-state index contributed by atoms with van der Waals surface area (Å²) in [5.74, 6) is 0.651. The van der Waals surface area contributed by atoms with Gasteiger partial charge in [0.25, 0.3) is 0 Å². The molecule has 186 valence electrons. The first-order valence-corrected chi connectivity index (χ1v) is 12.9. The molecule has 1 amide bonds. The van der Waals surface area contributed by atoms with Gasteiger partial charge in [0.2, 0.25) is 5.91 Å². The number of aryl methyl sites for hydroxylation is 2. The van der Waals surface area contributed by atoms with Crippen LogP contribution in [0.2, 0.25) is 0 Å². The lowest BCUT2D eigenvalue weighted by molar-refractivity contribution is -0.119. The highest BCUT2D eigenvalue weighted by Gasteiger charge is 2.18. The van der Waals surface area contributed by atoms with Crippen molar-refractivity contribution < 1.29 is 23.8 Å². The average Bonchev–Trinajstić information content (AvgIpc) is 3.52. The molecule has 0 bridgehead atoms. The van der Waals surface area contributed by atoms with Crippen molar-refractivity contribution in [3.8, 4) is 5.75 Å². The SMILES string of the molecule is CCOC(=O)c1ccc2c(c1)nc(SCC(=O)NCC1CCCO1)n2CCc1ccc(OC)cc1. The number of hydrogen-bond donors (Lipinski definition) is 1. The molecule has 0 radical (unpaired) electrons.